The molecule has 0 spiro atoms. The zero-order chi connectivity index (χ0) is 21.2. The van der Waals surface area contributed by atoms with E-state index in [1.165, 1.54) is 30.5 Å². The molecule has 0 aliphatic carbocycles. The molecule has 0 aliphatic heterocycles. The average molecular weight is 384 g/mol. The van der Waals surface area contributed by atoms with Gasteiger partial charge in [-0.25, -0.2) is 9.59 Å². The van der Waals surface area contributed by atoms with Gasteiger partial charge in [-0.3, -0.25) is 0 Å². The Morgan fingerprint density at radius 2 is 1.93 bits per heavy atom. The first-order valence-electron chi connectivity index (χ1n) is 8.06. The summed E-state index contributed by atoms with van der Waals surface area (Å²) in [6.45, 7) is 6.96. The number of ether oxygens (including phenoxy) is 3. The van der Waals surface area contributed by atoms with Crippen molar-refractivity contribution in [3.8, 4) is 12.1 Å². The van der Waals surface area contributed by atoms with Gasteiger partial charge < -0.3 is 18.6 Å². The van der Waals surface area contributed by atoms with Crippen molar-refractivity contribution in [2.75, 3.05) is 20.8 Å². The van der Waals surface area contributed by atoms with Crippen LogP contribution in [0, 0.1) is 28.1 Å². The summed E-state index contributed by atoms with van der Waals surface area (Å²) >= 11 is 0. The minimum Gasteiger partial charge on any atom is -0.467 e. The molecule has 0 aliphatic rings. The molecule has 1 atom stereocenters. The van der Waals surface area contributed by atoms with Gasteiger partial charge in [-0.15, -0.1) is 13.2 Å². The van der Waals surface area contributed by atoms with Crippen molar-refractivity contribution in [3.63, 3.8) is 0 Å². The summed E-state index contributed by atoms with van der Waals surface area (Å²) in [4.78, 5) is 25.1. The molecule has 0 amide bonds. The summed E-state index contributed by atoms with van der Waals surface area (Å²) in [5.74, 6) is -1.87. The number of rotatable bonds is 10. The van der Waals surface area contributed by atoms with E-state index in [1.54, 1.807) is 0 Å². The Morgan fingerprint density at radius 3 is 2.36 bits per heavy atom. The second-order valence-electron chi connectivity index (χ2n) is 5.40. The molecule has 1 aromatic heterocycles. The standard InChI is InChI=1S/C20H20N2O6/c1-5-9-20(12-21,13-22)16(14-8-7-11-27-14)15(18(23)25-3)17(19(24)26-4)28-10-6-2/h5-8,11,17H,1-2,9-10H2,3-4H3/b16-15+. The molecule has 8 heteroatoms. The van der Waals surface area contributed by atoms with E-state index in [4.69, 9.17) is 18.6 Å². The van der Waals surface area contributed by atoms with Crippen LogP contribution in [0.2, 0.25) is 0 Å². The van der Waals surface area contributed by atoms with Crippen molar-refractivity contribution in [2.24, 2.45) is 5.41 Å². The Hall–Kier alpha value is -3.62. The molecule has 0 fully saturated rings. The minimum absolute atomic E-state index is 0.0291. The molecule has 1 aromatic rings. The Bertz CT molecular complexity index is 825. The molecule has 8 nitrogen and oxygen atoms in total. The van der Waals surface area contributed by atoms with E-state index >= 15 is 0 Å². The van der Waals surface area contributed by atoms with Gasteiger partial charge >= 0.3 is 11.9 Å². The molecule has 1 heterocycles. The number of methoxy groups -OCH3 is 2. The third-order valence-corrected chi connectivity index (χ3v) is 3.76. The molecule has 28 heavy (non-hydrogen) atoms. The molecule has 0 radical (unpaired) electrons. The first kappa shape index (κ1) is 22.4. The predicted molar refractivity (Wildman–Crippen MR) is 98.1 cm³/mol. The van der Waals surface area contributed by atoms with Gasteiger partial charge in [0.1, 0.15) is 5.76 Å². The SMILES string of the molecule is C=CCOC(C(=O)OC)/C(C(=O)OC)=C(/c1ccco1)C(C#N)(C#N)CC=C. The number of nitriles is 2. The average Bonchev–Trinajstić information content (AvgIpc) is 3.25. The molecule has 1 unspecified atom stereocenters. The lowest BCUT2D eigenvalue weighted by molar-refractivity contribution is -0.154. The third kappa shape index (κ3) is 4.56. The van der Waals surface area contributed by atoms with Gasteiger partial charge in [-0.05, 0) is 12.1 Å². The van der Waals surface area contributed by atoms with E-state index in [0.717, 1.165) is 14.2 Å². The van der Waals surface area contributed by atoms with Crippen LogP contribution in [0.25, 0.3) is 5.57 Å². The first-order valence-corrected chi connectivity index (χ1v) is 8.06. The van der Waals surface area contributed by atoms with E-state index in [0.29, 0.717) is 0 Å². The Morgan fingerprint density at radius 1 is 1.25 bits per heavy atom. The predicted octanol–water partition coefficient (Wildman–Crippen LogP) is 2.56. The number of hydrogen-bond donors (Lipinski definition) is 0. The first-order chi connectivity index (χ1) is 13.5. The molecular formula is C20H20N2O6. The molecule has 1 rings (SSSR count). The van der Waals surface area contributed by atoms with Crippen molar-refractivity contribution >= 4 is 17.5 Å². The Balaban J connectivity index is 4.01. The quantitative estimate of drug-likeness (QED) is 0.343. The summed E-state index contributed by atoms with van der Waals surface area (Å²) < 4.78 is 20.3. The van der Waals surface area contributed by atoms with Crippen molar-refractivity contribution in [3.05, 3.63) is 55.0 Å². The van der Waals surface area contributed by atoms with Gasteiger partial charge in [0.25, 0.3) is 0 Å². The maximum absolute atomic E-state index is 12.7. The van der Waals surface area contributed by atoms with Crippen LogP contribution in [0.3, 0.4) is 0 Å². The zero-order valence-electron chi connectivity index (χ0n) is 15.6. The smallest absolute Gasteiger partial charge is 0.339 e. The Kier molecular flexibility index (Phi) is 8.42. The monoisotopic (exact) mass is 384 g/mol. The van der Waals surface area contributed by atoms with E-state index in [-0.39, 0.29) is 29.9 Å². The number of hydrogen-bond acceptors (Lipinski definition) is 8. The van der Waals surface area contributed by atoms with Gasteiger partial charge in [-0.2, -0.15) is 10.5 Å². The molecule has 0 bridgehead atoms. The lowest BCUT2D eigenvalue weighted by Crippen LogP contribution is -2.35. The van der Waals surface area contributed by atoms with E-state index < -0.39 is 23.5 Å². The van der Waals surface area contributed by atoms with Crippen LogP contribution < -0.4 is 0 Å². The zero-order valence-corrected chi connectivity index (χ0v) is 15.6. The van der Waals surface area contributed by atoms with Crippen LogP contribution in [0.15, 0.2) is 53.7 Å². The highest BCUT2D eigenvalue weighted by Gasteiger charge is 2.44. The van der Waals surface area contributed by atoms with E-state index in [1.807, 2.05) is 12.1 Å². The van der Waals surface area contributed by atoms with Gasteiger partial charge in [0.05, 0.1) is 44.8 Å². The highest BCUT2D eigenvalue weighted by atomic mass is 16.6. The van der Waals surface area contributed by atoms with Crippen LogP contribution in [-0.4, -0.2) is 38.9 Å². The molecule has 146 valence electrons. The van der Waals surface area contributed by atoms with Crippen LogP contribution >= 0.6 is 0 Å². The molecule has 0 saturated heterocycles. The van der Waals surface area contributed by atoms with Gasteiger partial charge in [-0.1, -0.05) is 12.2 Å². The van der Waals surface area contributed by atoms with Crippen molar-refractivity contribution in [1.29, 1.82) is 10.5 Å². The number of allylic oxidation sites excluding steroid dienone is 2. The van der Waals surface area contributed by atoms with Crippen LogP contribution in [0.4, 0.5) is 0 Å². The summed E-state index contributed by atoms with van der Waals surface area (Å²) in [7, 11) is 2.21. The van der Waals surface area contributed by atoms with Gasteiger partial charge in [0.15, 0.2) is 11.5 Å². The fourth-order valence-electron chi connectivity index (χ4n) is 2.53. The topological polar surface area (TPSA) is 123 Å². The fourth-order valence-corrected chi connectivity index (χ4v) is 2.53. The number of nitrogens with zero attached hydrogens (tertiary/aromatic N) is 2. The van der Waals surface area contributed by atoms with Crippen LogP contribution in [0.5, 0.6) is 0 Å². The third-order valence-electron chi connectivity index (χ3n) is 3.76. The summed E-state index contributed by atoms with van der Waals surface area (Å²) in [6, 6.07) is 6.75. The summed E-state index contributed by atoms with van der Waals surface area (Å²) in [5.41, 5.74) is -2.43. The lowest BCUT2D eigenvalue weighted by atomic mass is 9.75. The van der Waals surface area contributed by atoms with Crippen molar-refractivity contribution < 1.29 is 28.2 Å². The van der Waals surface area contributed by atoms with Gasteiger partial charge in [0.2, 0.25) is 0 Å². The molecular weight excluding hydrogens is 364 g/mol. The normalized spacial score (nSPS) is 12.6. The van der Waals surface area contributed by atoms with E-state index in [2.05, 4.69) is 13.2 Å². The largest absolute Gasteiger partial charge is 0.467 e. The molecule has 0 aromatic carbocycles. The van der Waals surface area contributed by atoms with E-state index in [9.17, 15) is 20.1 Å². The second-order valence-corrected chi connectivity index (χ2v) is 5.40. The maximum atomic E-state index is 12.7. The lowest BCUT2D eigenvalue weighted by Gasteiger charge is -2.25. The van der Waals surface area contributed by atoms with Gasteiger partial charge in [0, 0.05) is 12.0 Å². The summed E-state index contributed by atoms with van der Waals surface area (Å²) in [6.07, 6.45) is 2.29. The number of esters is 2. The summed E-state index contributed by atoms with van der Waals surface area (Å²) in [5, 5.41) is 19.6. The maximum Gasteiger partial charge on any atom is 0.339 e. The fraction of sp³-hybridized carbons (Fsp3) is 0.300. The van der Waals surface area contributed by atoms with Crippen LogP contribution in [-0.2, 0) is 23.8 Å². The number of carbonyl (C=O) groups is 2. The molecule has 0 saturated carbocycles. The van der Waals surface area contributed by atoms with Crippen molar-refractivity contribution in [1.82, 2.24) is 0 Å². The van der Waals surface area contributed by atoms with Crippen molar-refractivity contribution in [2.45, 2.75) is 12.5 Å². The number of furan rings is 1. The highest BCUT2D eigenvalue weighted by Crippen LogP contribution is 2.42. The highest BCUT2D eigenvalue weighted by molar-refractivity contribution is 6.05. The minimum atomic E-state index is -1.90. The number of carbonyl (C=O) groups excluding carboxylic acids is 2. The van der Waals surface area contributed by atoms with Crippen LogP contribution in [0.1, 0.15) is 12.2 Å². The Labute approximate surface area is 162 Å². The molecule has 0 N–H and O–H groups in total. The second kappa shape index (κ2) is 10.5.